The van der Waals surface area contributed by atoms with Crippen molar-refractivity contribution in [2.45, 2.75) is 26.4 Å². The summed E-state index contributed by atoms with van der Waals surface area (Å²) in [5.74, 6) is -0.900. The molecule has 0 fully saturated rings. The van der Waals surface area contributed by atoms with Crippen molar-refractivity contribution in [3.63, 3.8) is 0 Å². The molecule has 1 rings (SSSR count). The number of anilines is 1. The Morgan fingerprint density at radius 1 is 1.44 bits per heavy atom. The fourth-order valence-electron chi connectivity index (χ4n) is 1.09. The number of furan rings is 1. The highest BCUT2D eigenvalue weighted by molar-refractivity contribution is 6.17. The summed E-state index contributed by atoms with van der Waals surface area (Å²) in [5, 5.41) is 2.39. The van der Waals surface area contributed by atoms with Crippen LogP contribution in [-0.4, -0.2) is 23.7 Å². The van der Waals surface area contributed by atoms with Gasteiger partial charge in [0.05, 0.1) is 12.0 Å². The van der Waals surface area contributed by atoms with E-state index in [4.69, 9.17) is 20.8 Å². The second-order valence-corrected chi connectivity index (χ2v) is 4.55. The van der Waals surface area contributed by atoms with Crippen molar-refractivity contribution in [1.29, 1.82) is 0 Å². The van der Waals surface area contributed by atoms with Crippen LogP contribution in [0.1, 0.15) is 31.3 Å². The Labute approximate surface area is 109 Å². The minimum absolute atomic E-state index is 0.137. The lowest BCUT2D eigenvalue weighted by Gasteiger charge is -2.19. The number of alkyl halides is 1. The predicted molar refractivity (Wildman–Crippen MR) is 64.7 cm³/mol. The summed E-state index contributed by atoms with van der Waals surface area (Å²) in [4.78, 5) is 22.9. The van der Waals surface area contributed by atoms with Gasteiger partial charge in [0.1, 0.15) is 5.60 Å². The molecule has 0 spiro atoms. The maximum Gasteiger partial charge on any atom is 0.412 e. The summed E-state index contributed by atoms with van der Waals surface area (Å²) in [6.45, 7) is 5.18. The van der Waals surface area contributed by atoms with Crippen LogP contribution in [0.3, 0.4) is 0 Å². The van der Waals surface area contributed by atoms with Gasteiger partial charge in [0, 0.05) is 6.07 Å². The van der Waals surface area contributed by atoms with Gasteiger partial charge in [-0.25, -0.2) is 9.59 Å². The molecule has 7 heteroatoms. The standard InChI is InChI=1S/C11H14ClNO5/c1-11(2,3)18-10(15)13-7-4-5-16-8(7)9(14)17-6-12/h4-5H,6H2,1-3H3,(H,13,15). The van der Waals surface area contributed by atoms with E-state index in [1.807, 2.05) is 0 Å². The van der Waals surface area contributed by atoms with Crippen molar-refractivity contribution < 1.29 is 23.5 Å². The summed E-state index contributed by atoms with van der Waals surface area (Å²) in [5.41, 5.74) is -0.468. The molecule has 0 saturated carbocycles. The Morgan fingerprint density at radius 3 is 2.67 bits per heavy atom. The number of carbonyl (C=O) groups is 2. The normalized spacial score (nSPS) is 10.9. The zero-order valence-corrected chi connectivity index (χ0v) is 11.0. The molecule has 18 heavy (non-hydrogen) atoms. The van der Waals surface area contributed by atoms with E-state index in [1.165, 1.54) is 12.3 Å². The number of rotatable bonds is 3. The Balaban J connectivity index is 2.71. The quantitative estimate of drug-likeness (QED) is 0.678. The van der Waals surface area contributed by atoms with Crippen molar-refractivity contribution >= 4 is 29.4 Å². The molecule has 1 aromatic rings. The molecule has 0 unspecified atom stereocenters. The monoisotopic (exact) mass is 275 g/mol. The van der Waals surface area contributed by atoms with E-state index in [-0.39, 0.29) is 17.5 Å². The van der Waals surface area contributed by atoms with E-state index in [2.05, 4.69) is 10.1 Å². The first-order chi connectivity index (χ1) is 8.33. The minimum Gasteiger partial charge on any atom is -0.455 e. The number of carbonyl (C=O) groups excluding carboxylic acids is 2. The van der Waals surface area contributed by atoms with Crippen LogP contribution in [0.5, 0.6) is 0 Å². The van der Waals surface area contributed by atoms with Crippen LogP contribution in [0.15, 0.2) is 16.7 Å². The van der Waals surface area contributed by atoms with Crippen molar-refractivity contribution in [2.24, 2.45) is 0 Å². The molecule has 100 valence electrons. The lowest BCUT2D eigenvalue weighted by atomic mass is 10.2. The van der Waals surface area contributed by atoms with Gasteiger partial charge in [-0.05, 0) is 20.8 Å². The minimum atomic E-state index is -0.763. The first-order valence-corrected chi connectivity index (χ1v) is 5.67. The third-order valence-corrected chi connectivity index (χ3v) is 1.78. The molecule has 1 amide bonds. The molecule has 1 N–H and O–H groups in total. The van der Waals surface area contributed by atoms with Gasteiger partial charge >= 0.3 is 12.1 Å². The first kappa shape index (κ1) is 14.4. The maximum absolute atomic E-state index is 11.5. The smallest absolute Gasteiger partial charge is 0.412 e. The molecule has 0 saturated heterocycles. The van der Waals surface area contributed by atoms with Gasteiger partial charge in [-0.1, -0.05) is 11.6 Å². The fraction of sp³-hybridized carbons (Fsp3) is 0.455. The lowest BCUT2D eigenvalue weighted by Crippen LogP contribution is -2.27. The van der Waals surface area contributed by atoms with Gasteiger partial charge in [0.25, 0.3) is 0 Å². The molecule has 0 atom stereocenters. The number of ether oxygens (including phenoxy) is 2. The summed E-state index contributed by atoms with van der Waals surface area (Å²) in [6.07, 6.45) is 0.557. The maximum atomic E-state index is 11.5. The summed E-state index contributed by atoms with van der Waals surface area (Å²) in [6, 6.07) is 1.11. The average Bonchev–Trinajstić information content (AvgIpc) is 2.62. The molecule has 0 aliphatic carbocycles. The Bertz CT molecular complexity index is 435. The molecule has 0 bridgehead atoms. The largest absolute Gasteiger partial charge is 0.455 e. The van der Waals surface area contributed by atoms with Crippen LogP contribution in [0.25, 0.3) is 0 Å². The third-order valence-electron chi connectivity index (χ3n) is 1.67. The third kappa shape index (κ3) is 4.29. The van der Waals surface area contributed by atoms with Gasteiger partial charge in [-0.15, -0.1) is 0 Å². The lowest BCUT2D eigenvalue weighted by molar-refractivity contribution is 0.0539. The Hall–Kier alpha value is -1.69. The van der Waals surface area contributed by atoms with Crippen LogP contribution in [-0.2, 0) is 9.47 Å². The summed E-state index contributed by atoms with van der Waals surface area (Å²) < 4.78 is 14.5. The first-order valence-electron chi connectivity index (χ1n) is 5.14. The number of esters is 1. The number of amides is 1. The molecule has 1 heterocycles. The molecule has 0 aromatic carbocycles. The van der Waals surface area contributed by atoms with E-state index in [9.17, 15) is 9.59 Å². The van der Waals surface area contributed by atoms with Gasteiger partial charge in [0.15, 0.2) is 6.07 Å². The van der Waals surface area contributed by atoms with Gasteiger partial charge in [0.2, 0.25) is 5.76 Å². The SMILES string of the molecule is CC(C)(C)OC(=O)Nc1ccoc1C(=O)OCCl. The number of hydrogen-bond donors (Lipinski definition) is 1. The molecular weight excluding hydrogens is 262 g/mol. The van der Waals surface area contributed by atoms with Crippen molar-refractivity contribution in [3.8, 4) is 0 Å². The second-order valence-electron chi connectivity index (χ2n) is 4.33. The molecule has 0 aliphatic rings. The summed E-state index contributed by atoms with van der Waals surface area (Å²) in [7, 11) is 0. The predicted octanol–water partition coefficient (Wildman–Crippen LogP) is 2.98. The van der Waals surface area contributed by atoms with Crippen molar-refractivity contribution in [1.82, 2.24) is 0 Å². The van der Waals surface area contributed by atoms with Crippen LogP contribution in [0.4, 0.5) is 10.5 Å². The number of nitrogens with one attached hydrogen (secondary N) is 1. The molecular formula is C11H14ClNO5. The van der Waals surface area contributed by atoms with Gasteiger partial charge < -0.3 is 13.9 Å². The number of hydrogen-bond acceptors (Lipinski definition) is 5. The van der Waals surface area contributed by atoms with E-state index >= 15 is 0 Å². The van der Waals surface area contributed by atoms with Gasteiger partial charge in [-0.2, -0.15) is 0 Å². The Kier molecular flexibility index (Phi) is 4.61. The van der Waals surface area contributed by atoms with Crippen molar-refractivity contribution in [2.75, 3.05) is 11.4 Å². The van der Waals surface area contributed by atoms with Crippen LogP contribution >= 0.6 is 11.6 Å². The molecule has 0 aliphatic heterocycles. The summed E-state index contributed by atoms with van der Waals surface area (Å²) >= 11 is 5.26. The molecule has 1 aromatic heterocycles. The van der Waals surface area contributed by atoms with Crippen molar-refractivity contribution in [3.05, 3.63) is 18.1 Å². The average molecular weight is 276 g/mol. The molecule has 0 radical (unpaired) electrons. The fourth-order valence-corrected chi connectivity index (χ4v) is 1.19. The van der Waals surface area contributed by atoms with E-state index in [1.54, 1.807) is 20.8 Å². The number of halogens is 1. The Morgan fingerprint density at radius 2 is 2.11 bits per heavy atom. The zero-order valence-electron chi connectivity index (χ0n) is 10.3. The van der Waals surface area contributed by atoms with Crippen LogP contribution in [0, 0.1) is 0 Å². The second kappa shape index (κ2) is 5.77. The van der Waals surface area contributed by atoms with Crippen LogP contribution < -0.4 is 5.32 Å². The zero-order chi connectivity index (χ0) is 13.8. The molecule has 6 nitrogen and oxygen atoms in total. The van der Waals surface area contributed by atoms with E-state index < -0.39 is 17.7 Å². The highest BCUT2D eigenvalue weighted by Gasteiger charge is 2.21. The van der Waals surface area contributed by atoms with Crippen LogP contribution in [0.2, 0.25) is 0 Å². The van der Waals surface area contributed by atoms with E-state index in [0.29, 0.717) is 0 Å². The van der Waals surface area contributed by atoms with Gasteiger partial charge in [-0.3, -0.25) is 5.32 Å². The highest BCUT2D eigenvalue weighted by atomic mass is 35.5. The van der Waals surface area contributed by atoms with E-state index in [0.717, 1.165) is 0 Å². The topological polar surface area (TPSA) is 77.8 Å². The highest BCUT2D eigenvalue weighted by Crippen LogP contribution is 2.19.